The molecule has 0 bridgehead atoms. The van der Waals surface area contributed by atoms with E-state index in [2.05, 4.69) is 36.7 Å². The van der Waals surface area contributed by atoms with Crippen molar-refractivity contribution in [2.75, 3.05) is 5.32 Å². The van der Waals surface area contributed by atoms with Crippen LogP contribution in [0, 0.1) is 10.1 Å². The first-order valence-electron chi connectivity index (χ1n) is 10.2. The molecule has 35 heavy (non-hydrogen) atoms. The first-order chi connectivity index (χ1) is 16.9. The third-order valence-electron chi connectivity index (χ3n) is 4.77. The molecule has 0 fully saturated rings. The van der Waals surface area contributed by atoms with Gasteiger partial charge >= 0.3 is 5.97 Å². The molecule has 3 aromatic carbocycles. The fraction of sp³-hybridized carbons (Fsp3) is 0.0870. The Bertz CT molecular complexity index is 1360. The molecule has 12 heteroatoms. The number of nitro groups is 1. The van der Waals surface area contributed by atoms with Crippen molar-refractivity contribution >= 4 is 39.2 Å². The standard InChI is InChI=1S/C23H17BrN6O5/c24-18-13-17(30(33)34)11-12-19(18)25-23(32)21(15-7-3-1-4-8-15)35-20(31)14-29-27-22(26-28-29)16-9-5-2-6-10-16/h1-13,21H,14H2,(H,25,32)/t21-/m0/s1. The molecule has 1 atom stereocenters. The SMILES string of the molecule is O=C(Cn1nnc(-c2ccccc2)n1)O[C@H](C(=O)Nc1ccc([N+](=O)[O-])cc1Br)c1ccccc1. The van der Waals surface area contributed by atoms with E-state index < -0.39 is 22.9 Å². The predicted molar refractivity (Wildman–Crippen MR) is 128 cm³/mol. The molecule has 1 heterocycles. The molecule has 1 N–H and O–H groups in total. The van der Waals surface area contributed by atoms with Crippen molar-refractivity contribution < 1.29 is 19.2 Å². The smallest absolute Gasteiger partial charge is 0.330 e. The van der Waals surface area contributed by atoms with Crippen LogP contribution in [0.4, 0.5) is 11.4 Å². The molecule has 0 aliphatic heterocycles. The van der Waals surface area contributed by atoms with Gasteiger partial charge in [-0.15, -0.1) is 10.2 Å². The molecule has 0 saturated carbocycles. The van der Waals surface area contributed by atoms with Gasteiger partial charge in [0.15, 0.2) is 6.54 Å². The van der Waals surface area contributed by atoms with E-state index in [1.807, 2.05) is 30.3 Å². The molecule has 0 unspecified atom stereocenters. The minimum atomic E-state index is -1.29. The molecular formula is C23H17BrN6O5. The van der Waals surface area contributed by atoms with Crippen LogP contribution in [0.25, 0.3) is 11.4 Å². The van der Waals surface area contributed by atoms with Gasteiger partial charge in [0.1, 0.15) is 0 Å². The van der Waals surface area contributed by atoms with Gasteiger partial charge in [-0.05, 0) is 27.2 Å². The minimum Gasteiger partial charge on any atom is -0.446 e. The number of tetrazole rings is 1. The number of hydrogen-bond donors (Lipinski definition) is 1. The summed E-state index contributed by atoms with van der Waals surface area (Å²) in [5.41, 5.74) is 1.31. The molecule has 0 radical (unpaired) electrons. The van der Waals surface area contributed by atoms with Gasteiger partial charge in [0.05, 0.1) is 10.6 Å². The summed E-state index contributed by atoms with van der Waals surface area (Å²) in [6.45, 7) is -0.363. The maximum atomic E-state index is 13.1. The highest BCUT2D eigenvalue weighted by atomic mass is 79.9. The van der Waals surface area contributed by atoms with E-state index in [-0.39, 0.29) is 17.9 Å². The number of anilines is 1. The van der Waals surface area contributed by atoms with Gasteiger partial charge in [0.25, 0.3) is 11.6 Å². The number of aromatic nitrogens is 4. The number of rotatable bonds is 8. The lowest BCUT2D eigenvalue weighted by atomic mass is 10.1. The number of nitro benzene ring substituents is 1. The van der Waals surface area contributed by atoms with Crippen LogP contribution in [0.5, 0.6) is 0 Å². The number of hydrogen-bond acceptors (Lipinski definition) is 8. The van der Waals surface area contributed by atoms with Crippen molar-refractivity contribution in [3.8, 4) is 11.4 Å². The average molecular weight is 537 g/mol. The molecule has 4 aromatic rings. The Hall–Kier alpha value is -4.45. The lowest BCUT2D eigenvalue weighted by molar-refractivity contribution is -0.384. The zero-order valence-corrected chi connectivity index (χ0v) is 19.5. The molecule has 0 aliphatic carbocycles. The first-order valence-corrected chi connectivity index (χ1v) is 11.0. The number of esters is 1. The summed E-state index contributed by atoms with van der Waals surface area (Å²) >= 11 is 3.21. The number of amides is 1. The number of carbonyl (C=O) groups excluding carboxylic acids is 2. The number of non-ortho nitro benzene ring substituents is 1. The normalized spacial score (nSPS) is 11.5. The lowest BCUT2D eigenvalue weighted by Gasteiger charge is -2.18. The Morgan fingerprint density at radius 1 is 1.06 bits per heavy atom. The second kappa shape index (κ2) is 10.7. The fourth-order valence-electron chi connectivity index (χ4n) is 3.12. The van der Waals surface area contributed by atoms with Crippen molar-refractivity contribution in [1.29, 1.82) is 0 Å². The topological polar surface area (TPSA) is 142 Å². The van der Waals surface area contributed by atoms with Crippen LogP contribution in [0.1, 0.15) is 11.7 Å². The second-order valence-electron chi connectivity index (χ2n) is 7.20. The number of ether oxygens (including phenoxy) is 1. The second-order valence-corrected chi connectivity index (χ2v) is 8.05. The number of halogens is 1. The molecule has 0 spiro atoms. The fourth-order valence-corrected chi connectivity index (χ4v) is 3.58. The molecule has 0 saturated heterocycles. The third-order valence-corrected chi connectivity index (χ3v) is 5.42. The van der Waals surface area contributed by atoms with Crippen molar-refractivity contribution in [3.63, 3.8) is 0 Å². The van der Waals surface area contributed by atoms with Crippen molar-refractivity contribution in [3.05, 3.63) is 99.0 Å². The van der Waals surface area contributed by atoms with Crippen LogP contribution < -0.4 is 5.32 Å². The molecule has 4 rings (SSSR count). The van der Waals surface area contributed by atoms with Crippen LogP contribution in [0.15, 0.2) is 83.3 Å². The first kappa shape index (κ1) is 23.7. The van der Waals surface area contributed by atoms with Gasteiger partial charge in [-0.3, -0.25) is 14.9 Å². The Morgan fingerprint density at radius 3 is 2.40 bits per heavy atom. The number of carbonyl (C=O) groups is 2. The summed E-state index contributed by atoms with van der Waals surface area (Å²) in [5, 5.41) is 25.6. The molecule has 1 amide bonds. The zero-order chi connectivity index (χ0) is 24.8. The lowest BCUT2D eigenvalue weighted by Crippen LogP contribution is -2.28. The van der Waals surface area contributed by atoms with Gasteiger partial charge in [-0.2, -0.15) is 4.80 Å². The van der Waals surface area contributed by atoms with Crippen LogP contribution in [-0.4, -0.2) is 37.0 Å². The maximum Gasteiger partial charge on any atom is 0.330 e. The summed E-state index contributed by atoms with van der Waals surface area (Å²) in [6.07, 6.45) is -1.29. The maximum absolute atomic E-state index is 13.1. The Labute approximate surface area is 207 Å². The van der Waals surface area contributed by atoms with E-state index in [4.69, 9.17) is 4.74 Å². The van der Waals surface area contributed by atoms with E-state index in [9.17, 15) is 19.7 Å². The van der Waals surface area contributed by atoms with Gasteiger partial charge in [-0.1, -0.05) is 60.7 Å². The van der Waals surface area contributed by atoms with Gasteiger partial charge < -0.3 is 10.1 Å². The quantitative estimate of drug-likeness (QED) is 0.202. The van der Waals surface area contributed by atoms with Crippen LogP contribution in [-0.2, 0) is 20.9 Å². The highest BCUT2D eigenvalue weighted by molar-refractivity contribution is 9.10. The summed E-state index contributed by atoms with van der Waals surface area (Å²) in [4.78, 5) is 37.2. The van der Waals surface area contributed by atoms with E-state index in [0.29, 0.717) is 15.9 Å². The molecule has 11 nitrogen and oxygen atoms in total. The summed E-state index contributed by atoms with van der Waals surface area (Å²) < 4.78 is 5.79. The third kappa shape index (κ3) is 5.92. The Balaban J connectivity index is 1.49. The Kier molecular flexibility index (Phi) is 7.21. The monoisotopic (exact) mass is 536 g/mol. The largest absolute Gasteiger partial charge is 0.446 e. The van der Waals surface area contributed by atoms with Crippen molar-refractivity contribution in [1.82, 2.24) is 20.2 Å². The number of nitrogens with one attached hydrogen (secondary N) is 1. The van der Waals surface area contributed by atoms with Gasteiger partial charge in [0.2, 0.25) is 11.9 Å². The van der Waals surface area contributed by atoms with E-state index in [0.717, 1.165) is 10.4 Å². The van der Waals surface area contributed by atoms with E-state index in [1.165, 1.54) is 18.2 Å². The molecule has 1 aromatic heterocycles. The minimum absolute atomic E-state index is 0.142. The summed E-state index contributed by atoms with van der Waals surface area (Å²) in [5.74, 6) is -1.05. The van der Waals surface area contributed by atoms with Gasteiger partial charge in [0, 0.05) is 27.7 Å². The highest BCUT2D eigenvalue weighted by Crippen LogP contribution is 2.29. The molecule has 0 aliphatic rings. The van der Waals surface area contributed by atoms with Crippen LogP contribution >= 0.6 is 15.9 Å². The van der Waals surface area contributed by atoms with E-state index >= 15 is 0 Å². The van der Waals surface area contributed by atoms with Gasteiger partial charge in [-0.25, -0.2) is 4.79 Å². The number of benzene rings is 3. The Morgan fingerprint density at radius 2 is 1.74 bits per heavy atom. The highest BCUT2D eigenvalue weighted by Gasteiger charge is 2.26. The van der Waals surface area contributed by atoms with Crippen molar-refractivity contribution in [2.45, 2.75) is 12.6 Å². The molecular weight excluding hydrogens is 520 g/mol. The van der Waals surface area contributed by atoms with Crippen LogP contribution in [0.2, 0.25) is 0 Å². The summed E-state index contributed by atoms with van der Waals surface area (Å²) in [7, 11) is 0. The number of nitrogens with zero attached hydrogens (tertiary/aromatic N) is 5. The average Bonchev–Trinajstić information content (AvgIpc) is 3.33. The zero-order valence-electron chi connectivity index (χ0n) is 17.9. The predicted octanol–water partition coefficient (Wildman–Crippen LogP) is 3.93. The summed E-state index contributed by atoms with van der Waals surface area (Å²) in [6, 6.07) is 21.5. The van der Waals surface area contributed by atoms with E-state index in [1.54, 1.807) is 30.3 Å². The van der Waals surface area contributed by atoms with Crippen molar-refractivity contribution in [2.24, 2.45) is 0 Å². The molecule has 176 valence electrons. The van der Waals surface area contributed by atoms with Crippen LogP contribution in [0.3, 0.4) is 0 Å².